The molecular weight excluding hydrogens is 297 g/mol. The topological polar surface area (TPSA) is 68.0 Å². The van der Waals surface area contributed by atoms with E-state index >= 15 is 0 Å². The fourth-order valence-corrected chi connectivity index (χ4v) is 2.06. The van der Waals surface area contributed by atoms with E-state index in [-0.39, 0.29) is 17.6 Å². The van der Waals surface area contributed by atoms with Gasteiger partial charge in [-0.25, -0.2) is 4.39 Å². The van der Waals surface area contributed by atoms with E-state index in [1.807, 2.05) is 30.3 Å². The molecule has 0 saturated heterocycles. The van der Waals surface area contributed by atoms with Crippen LogP contribution >= 0.6 is 0 Å². The van der Waals surface area contributed by atoms with Crippen LogP contribution in [0.4, 0.5) is 4.39 Å². The lowest BCUT2D eigenvalue weighted by Gasteiger charge is -2.02. The summed E-state index contributed by atoms with van der Waals surface area (Å²) in [7, 11) is 0. The Balaban J connectivity index is 1.59. The van der Waals surface area contributed by atoms with Crippen molar-refractivity contribution in [3.63, 3.8) is 0 Å². The molecule has 6 heteroatoms. The Bertz CT molecular complexity index is 785. The largest absolute Gasteiger partial charge is 0.412 e. The maximum Gasteiger partial charge on any atom is 0.308 e. The molecule has 0 atom stereocenters. The van der Waals surface area contributed by atoms with Crippen molar-refractivity contribution in [2.75, 3.05) is 6.54 Å². The first-order chi connectivity index (χ1) is 11.2. The van der Waals surface area contributed by atoms with Crippen LogP contribution in [0.5, 0.6) is 0 Å². The lowest BCUT2D eigenvalue weighted by atomic mass is 10.1. The lowest BCUT2D eigenvalue weighted by Crippen LogP contribution is -2.25. The minimum atomic E-state index is -0.429. The number of carbonyl (C=O) groups is 1. The van der Waals surface area contributed by atoms with Gasteiger partial charge < -0.3 is 9.73 Å². The van der Waals surface area contributed by atoms with Gasteiger partial charge in [0.1, 0.15) is 5.82 Å². The second-order valence-electron chi connectivity index (χ2n) is 4.91. The number of halogens is 1. The highest BCUT2D eigenvalue weighted by Crippen LogP contribution is 2.17. The van der Waals surface area contributed by atoms with Crippen LogP contribution in [0.1, 0.15) is 16.2 Å². The van der Waals surface area contributed by atoms with Gasteiger partial charge in [-0.2, -0.15) is 0 Å². The fourth-order valence-electron chi connectivity index (χ4n) is 2.06. The molecule has 2 aromatic carbocycles. The SMILES string of the molecule is O=C(NCCc1ccccc1)c1nnc(-c2ccc(F)cc2)o1. The van der Waals surface area contributed by atoms with Crippen molar-refractivity contribution in [1.82, 2.24) is 15.5 Å². The molecule has 0 aliphatic carbocycles. The van der Waals surface area contributed by atoms with Crippen LogP contribution < -0.4 is 5.32 Å². The number of nitrogens with zero attached hydrogens (tertiary/aromatic N) is 2. The average molecular weight is 311 g/mol. The highest BCUT2D eigenvalue weighted by molar-refractivity contribution is 5.89. The van der Waals surface area contributed by atoms with Crippen molar-refractivity contribution in [1.29, 1.82) is 0 Å². The van der Waals surface area contributed by atoms with E-state index in [1.165, 1.54) is 24.3 Å². The van der Waals surface area contributed by atoms with E-state index in [9.17, 15) is 9.18 Å². The van der Waals surface area contributed by atoms with Gasteiger partial charge in [0, 0.05) is 12.1 Å². The molecule has 3 rings (SSSR count). The van der Waals surface area contributed by atoms with Crippen LogP contribution in [0.25, 0.3) is 11.5 Å². The molecule has 0 aliphatic heterocycles. The molecule has 5 nitrogen and oxygen atoms in total. The number of carbonyl (C=O) groups excluding carboxylic acids is 1. The van der Waals surface area contributed by atoms with E-state index in [0.29, 0.717) is 18.5 Å². The molecule has 1 N–H and O–H groups in total. The summed E-state index contributed by atoms with van der Waals surface area (Å²) in [5.74, 6) is -0.718. The summed E-state index contributed by atoms with van der Waals surface area (Å²) >= 11 is 0. The number of aromatic nitrogens is 2. The Morgan fingerprint density at radius 1 is 1.04 bits per heavy atom. The minimum absolute atomic E-state index is 0.114. The highest BCUT2D eigenvalue weighted by atomic mass is 19.1. The molecule has 1 aromatic heterocycles. The lowest BCUT2D eigenvalue weighted by molar-refractivity contribution is 0.0920. The molecule has 1 amide bonds. The van der Waals surface area contributed by atoms with Crippen LogP contribution in [0.2, 0.25) is 0 Å². The molecule has 0 saturated carbocycles. The number of rotatable bonds is 5. The van der Waals surface area contributed by atoms with Crippen LogP contribution in [0, 0.1) is 5.82 Å². The maximum absolute atomic E-state index is 12.9. The van der Waals surface area contributed by atoms with Crippen LogP contribution in [-0.2, 0) is 6.42 Å². The second kappa shape index (κ2) is 6.83. The smallest absolute Gasteiger partial charge is 0.308 e. The van der Waals surface area contributed by atoms with Crippen molar-refractivity contribution in [2.24, 2.45) is 0 Å². The van der Waals surface area contributed by atoms with Gasteiger partial charge in [-0.3, -0.25) is 4.79 Å². The zero-order valence-electron chi connectivity index (χ0n) is 12.2. The van der Waals surface area contributed by atoms with Crippen molar-refractivity contribution >= 4 is 5.91 Å². The first-order valence-corrected chi connectivity index (χ1v) is 7.14. The van der Waals surface area contributed by atoms with Crippen molar-refractivity contribution < 1.29 is 13.6 Å². The highest BCUT2D eigenvalue weighted by Gasteiger charge is 2.15. The molecule has 0 spiro atoms. The molecule has 116 valence electrons. The van der Waals surface area contributed by atoms with Crippen LogP contribution in [-0.4, -0.2) is 22.6 Å². The summed E-state index contributed by atoms with van der Waals surface area (Å²) in [6.07, 6.45) is 0.714. The fraction of sp³-hybridized carbons (Fsp3) is 0.118. The summed E-state index contributed by atoms with van der Waals surface area (Å²) in [5, 5.41) is 10.2. The molecule has 23 heavy (non-hydrogen) atoms. The predicted octanol–water partition coefficient (Wildman–Crippen LogP) is 2.85. The Kier molecular flexibility index (Phi) is 4.42. The first kappa shape index (κ1) is 14.9. The number of benzene rings is 2. The van der Waals surface area contributed by atoms with Gasteiger partial charge in [0.05, 0.1) is 0 Å². The van der Waals surface area contributed by atoms with Crippen molar-refractivity contribution in [3.05, 3.63) is 71.9 Å². The third-order valence-electron chi connectivity index (χ3n) is 3.25. The molecular formula is C17H14FN3O2. The average Bonchev–Trinajstić information content (AvgIpc) is 3.06. The number of amides is 1. The summed E-state index contributed by atoms with van der Waals surface area (Å²) < 4.78 is 18.2. The first-order valence-electron chi connectivity index (χ1n) is 7.14. The Morgan fingerprint density at radius 2 is 1.78 bits per heavy atom. The van der Waals surface area contributed by atoms with Crippen molar-refractivity contribution in [3.8, 4) is 11.5 Å². The summed E-state index contributed by atoms with van der Waals surface area (Å²) in [6.45, 7) is 0.469. The third kappa shape index (κ3) is 3.79. The Morgan fingerprint density at radius 3 is 2.52 bits per heavy atom. The van der Waals surface area contributed by atoms with E-state index in [4.69, 9.17) is 4.42 Å². The molecule has 1 heterocycles. The number of nitrogens with one attached hydrogen (secondary N) is 1. The van der Waals surface area contributed by atoms with Gasteiger partial charge in [-0.15, -0.1) is 10.2 Å². The van der Waals surface area contributed by atoms with Gasteiger partial charge in [-0.05, 0) is 36.2 Å². The predicted molar refractivity (Wildman–Crippen MR) is 82.2 cm³/mol. The summed E-state index contributed by atoms with van der Waals surface area (Å²) in [5.41, 5.74) is 1.69. The number of hydrogen-bond acceptors (Lipinski definition) is 4. The van der Waals surface area contributed by atoms with E-state index in [2.05, 4.69) is 15.5 Å². The standard InChI is InChI=1S/C17H14FN3O2/c18-14-8-6-13(7-9-14)16-20-21-17(23-16)15(22)19-11-10-12-4-2-1-3-5-12/h1-9H,10-11H2,(H,19,22). The molecule has 0 fully saturated rings. The normalized spacial score (nSPS) is 10.5. The summed E-state index contributed by atoms with van der Waals surface area (Å²) in [4.78, 5) is 12.0. The van der Waals surface area contributed by atoms with Gasteiger partial charge >= 0.3 is 11.8 Å². The van der Waals surface area contributed by atoms with Gasteiger partial charge in [0.25, 0.3) is 0 Å². The maximum atomic E-state index is 12.9. The number of hydrogen-bond donors (Lipinski definition) is 1. The van der Waals surface area contributed by atoms with E-state index in [1.54, 1.807) is 0 Å². The third-order valence-corrected chi connectivity index (χ3v) is 3.25. The van der Waals surface area contributed by atoms with E-state index < -0.39 is 5.91 Å². The monoisotopic (exact) mass is 311 g/mol. The molecule has 0 unspecified atom stereocenters. The Labute approximate surface area is 132 Å². The van der Waals surface area contributed by atoms with Gasteiger partial charge in [0.15, 0.2) is 0 Å². The molecule has 0 aliphatic rings. The van der Waals surface area contributed by atoms with Gasteiger partial charge in [-0.1, -0.05) is 30.3 Å². The molecule has 0 bridgehead atoms. The quantitative estimate of drug-likeness (QED) is 0.786. The van der Waals surface area contributed by atoms with E-state index in [0.717, 1.165) is 5.56 Å². The minimum Gasteiger partial charge on any atom is -0.412 e. The zero-order chi connectivity index (χ0) is 16.1. The second-order valence-corrected chi connectivity index (χ2v) is 4.91. The zero-order valence-corrected chi connectivity index (χ0v) is 12.2. The molecule has 3 aromatic rings. The van der Waals surface area contributed by atoms with Crippen molar-refractivity contribution in [2.45, 2.75) is 6.42 Å². The summed E-state index contributed by atoms with van der Waals surface area (Å²) in [6, 6.07) is 15.4. The van der Waals surface area contributed by atoms with Crippen LogP contribution in [0.15, 0.2) is 59.0 Å². The molecule has 0 radical (unpaired) electrons. The van der Waals surface area contributed by atoms with Crippen LogP contribution in [0.3, 0.4) is 0 Å². The van der Waals surface area contributed by atoms with Gasteiger partial charge in [0.2, 0.25) is 5.89 Å². The Hall–Kier alpha value is -3.02.